The van der Waals surface area contributed by atoms with Gasteiger partial charge in [-0.05, 0) is 43.3 Å². The second kappa shape index (κ2) is 9.20. The highest BCUT2D eigenvalue weighted by Crippen LogP contribution is 2.43. The van der Waals surface area contributed by atoms with E-state index in [4.69, 9.17) is 23.9 Å². The Hall–Kier alpha value is -3.36. The molecule has 8 heteroatoms. The molecule has 0 radical (unpaired) electrons. The van der Waals surface area contributed by atoms with Gasteiger partial charge in [-0.15, -0.1) is 0 Å². The van der Waals surface area contributed by atoms with Crippen LogP contribution in [0.3, 0.4) is 0 Å². The summed E-state index contributed by atoms with van der Waals surface area (Å²) in [7, 11) is 3.27. The van der Waals surface area contributed by atoms with Gasteiger partial charge in [-0.25, -0.2) is 4.98 Å². The number of rotatable bonds is 9. The summed E-state index contributed by atoms with van der Waals surface area (Å²) in [6.45, 7) is 3.62. The third kappa shape index (κ3) is 4.12. The second-order valence-corrected chi connectivity index (χ2v) is 7.05. The van der Waals surface area contributed by atoms with Gasteiger partial charge in [-0.2, -0.15) is 5.10 Å². The first-order chi connectivity index (χ1) is 15.1. The predicted molar refractivity (Wildman–Crippen MR) is 118 cm³/mol. The number of hydrogen-bond donors (Lipinski definition) is 2. The maximum absolute atomic E-state index is 9.70. The normalized spacial score (nSPS) is 11.3. The minimum atomic E-state index is 0.196. The van der Waals surface area contributed by atoms with Gasteiger partial charge < -0.3 is 24.1 Å². The highest BCUT2D eigenvalue weighted by atomic mass is 16.5. The van der Waals surface area contributed by atoms with Crippen molar-refractivity contribution in [3.05, 3.63) is 42.1 Å². The van der Waals surface area contributed by atoms with Crippen molar-refractivity contribution in [2.75, 3.05) is 40.6 Å². The third-order valence-electron chi connectivity index (χ3n) is 4.99. The monoisotopic (exact) mass is 423 g/mol. The second-order valence-electron chi connectivity index (χ2n) is 7.05. The van der Waals surface area contributed by atoms with Crippen molar-refractivity contribution >= 4 is 21.8 Å². The van der Waals surface area contributed by atoms with E-state index in [-0.39, 0.29) is 5.75 Å². The Bertz CT molecular complexity index is 1190. The molecule has 2 heterocycles. The molecule has 2 aromatic heterocycles. The summed E-state index contributed by atoms with van der Waals surface area (Å²) in [5.41, 5.74) is 3.07. The van der Waals surface area contributed by atoms with Crippen LogP contribution in [0.4, 0.5) is 0 Å². The number of ether oxygens (including phenoxy) is 4. The molecule has 0 atom stereocenters. The van der Waals surface area contributed by atoms with E-state index in [2.05, 4.69) is 10.2 Å². The van der Waals surface area contributed by atoms with Crippen LogP contribution in [-0.2, 0) is 9.47 Å². The number of nitrogens with one attached hydrogen (secondary N) is 1. The molecule has 0 aliphatic carbocycles. The number of pyridine rings is 1. The Kier molecular flexibility index (Phi) is 6.20. The van der Waals surface area contributed by atoms with Crippen molar-refractivity contribution < 1.29 is 24.1 Å². The topological polar surface area (TPSA) is 98.7 Å². The number of aryl methyl sites for hydroxylation is 1. The zero-order valence-electron chi connectivity index (χ0n) is 17.8. The number of phenolic OH excluding ortho intramolecular Hbond substituents is 1. The maximum Gasteiger partial charge on any atom is 0.182 e. The van der Waals surface area contributed by atoms with Gasteiger partial charge in [0, 0.05) is 36.2 Å². The largest absolute Gasteiger partial charge is 0.508 e. The molecule has 0 saturated heterocycles. The molecular formula is C23H25N3O5. The minimum Gasteiger partial charge on any atom is -0.508 e. The fourth-order valence-corrected chi connectivity index (χ4v) is 3.53. The van der Waals surface area contributed by atoms with E-state index in [1.807, 2.05) is 31.2 Å². The number of hydrogen-bond acceptors (Lipinski definition) is 7. The van der Waals surface area contributed by atoms with E-state index < -0.39 is 0 Å². The van der Waals surface area contributed by atoms with Gasteiger partial charge >= 0.3 is 0 Å². The van der Waals surface area contributed by atoms with E-state index in [1.54, 1.807) is 26.4 Å². The summed E-state index contributed by atoms with van der Waals surface area (Å²) in [6, 6.07) is 10.8. The number of nitrogens with zero attached hydrogens (tertiary/aromatic N) is 2. The summed E-state index contributed by atoms with van der Waals surface area (Å²) in [5, 5.41) is 19.8. The van der Waals surface area contributed by atoms with E-state index in [1.165, 1.54) is 0 Å². The standard InChI is InChI=1S/C23H25N3O5/c1-14-19-20-17(8-9-18(30-12-10-28-2)22(20)31-13-11-29-3)21(24-23(19)26-25-14)15-4-6-16(27)7-5-15/h4-9,27H,10-13H2,1-3H3,(H,24,25,26). The minimum absolute atomic E-state index is 0.196. The Morgan fingerprint density at radius 3 is 2.29 bits per heavy atom. The van der Waals surface area contributed by atoms with E-state index in [0.717, 1.165) is 33.1 Å². The molecule has 0 aliphatic heterocycles. The molecule has 4 aromatic rings. The molecule has 0 bridgehead atoms. The first-order valence-electron chi connectivity index (χ1n) is 9.98. The van der Waals surface area contributed by atoms with Crippen molar-refractivity contribution in [1.29, 1.82) is 0 Å². The fourth-order valence-electron chi connectivity index (χ4n) is 3.53. The fraction of sp³-hybridized carbons (Fsp3) is 0.304. The molecule has 31 heavy (non-hydrogen) atoms. The van der Waals surface area contributed by atoms with Gasteiger partial charge in [0.15, 0.2) is 17.1 Å². The van der Waals surface area contributed by atoms with E-state index >= 15 is 0 Å². The number of aromatic hydroxyl groups is 1. The summed E-state index contributed by atoms with van der Waals surface area (Å²) >= 11 is 0. The first-order valence-corrected chi connectivity index (χ1v) is 9.98. The van der Waals surface area contributed by atoms with Gasteiger partial charge in [0.2, 0.25) is 0 Å². The van der Waals surface area contributed by atoms with Gasteiger partial charge in [0.25, 0.3) is 0 Å². The van der Waals surface area contributed by atoms with Crippen LogP contribution >= 0.6 is 0 Å². The van der Waals surface area contributed by atoms with Crippen LogP contribution in [0.2, 0.25) is 0 Å². The van der Waals surface area contributed by atoms with Crippen LogP contribution in [-0.4, -0.2) is 60.9 Å². The van der Waals surface area contributed by atoms with Crippen molar-refractivity contribution in [2.24, 2.45) is 0 Å². The lowest BCUT2D eigenvalue weighted by Gasteiger charge is -2.17. The molecule has 0 saturated carbocycles. The van der Waals surface area contributed by atoms with Crippen molar-refractivity contribution in [3.8, 4) is 28.5 Å². The molecule has 0 fully saturated rings. The summed E-state index contributed by atoms with van der Waals surface area (Å²) in [4.78, 5) is 4.80. The highest BCUT2D eigenvalue weighted by molar-refractivity contribution is 6.14. The molecule has 4 rings (SSSR count). The highest BCUT2D eigenvalue weighted by Gasteiger charge is 2.21. The number of aromatic amines is 1. The van der Waals surface area contributed by atoms with E-state index in [0.29, 0.717) is 43.6 Å². The molecule has 0 aliphatic rings. The van der Waals surface area contributed by atoms with Crippen LogP contribution in [0.5, 0.6) is 17.2 Å². The zero-order valence-corrected chi connectivity index (χ0v) is 17.8. The average molecular weight is 423 g/mol. The maximum atomic E-state index is 9.70. The van der Waals surface area contributed by atoms with Gasteiger partial charge in [-0.1, -0.05) is 0 Å². The number of benzene rings is 2. The summed E-state index contributed by atoms with van der Waals surface area (Å²) in [6.07, 6.45) is 0. The van der Waals surface area contributed by atoms with E-state index in [9.17, 15) is 5.11 Å². The van der Waals surface area contributed by atoms with Gasteiger partial charge in [0.05, 0.1) is 24.3 Å². The number of methoxy groups -OCH3 is 2. The molecule has 0 unspecified atom stereocenters. The van der Waals surface area contributed by atoms with Crippen LogP contribution in [0.1, 0.15) is 5.69 Å². The number of fused-ring (bicyclic) bond motifs is 3. The van der Waals surface area contributed by atoms with Crippen LogP contribution < -0.4 is 9.47 Å². The number of phenols is 1. The molecule has 162 valence electrons. The van der Waals surface area contributed by atoms with Crippen molar-refractivity contribution in [2.45, 2.75) is 6.92 Å². The Balaban J connectivity index is 1.98. The molecule has 0 amide bonds. The SMILES string of the molecule is COCCOc1ccc2c(-c3ccc(O)cc3)nc3n[nH]c(C)c3c2c1OCCOC. The quantitative estimate of drug-likeness (QED) is 0.395. The molecule has 0 spiro atoms. The lowest BCUT2D eigenvalue weighted by molar-refractivity contribution is 0.133. The molecule has 2 N–H and O–H groups in total. The van der Waals surface area contributed by atoms with Crippen LogP contribution in [0.15, 0.2) is 36.4 Å². The van der Waals surface area contributed by atoms with Crippen LogP contribution in [0, 0.1) is 6.92 Å². The summed E-state index contributed by atoms with van der Waals surface area (Å²) in [5.74, 6) is 1.43. The first kappa shape index (κ1) is 20.9. The van der Waals surface area contributed by atoms with Gasteiger partial charge in [0.1, 0.15) is 19.0 Å². The number of aromatic nitrogens is 3. The lowest BCUT2D eigenvalue weighted by Crippen LogP contribution is -2.09. The Labute approximate surface area is 179 Å². The van der Waals surface area contributed by atoms with Gasteiger partial charge in [-0.3, -0.25) is 5.10 Å². The predicted octanol–water partition coefficient (Wildman–Crippen LogP) is 3.84. The summed E-state index contributed by atoms with van der Waals surface area (Å²) < 4.78 is 22.4. The molecule has 2 aromatic carbocycles. The molecule has 8 nitrogen and oxygen atoms in total. The zero-order chi connectivity index (χ0) is 21.8. The van der Waals surface area contributed by atoms with Crippen molar-refractivity contribution in [3.63, 3.8) is 0 Å². The van der Waals surface area contributed by atoms with Crippen LogP contribution in [0.25, 0.3) is 33.1 Å². The molecular weight excluding hydrogens is 398 g/mol. The third-order valence-corrected chi connectivity index (χ3v) is 4.99. The number of H-pyrrole nitrogens is 1. The lowest BCUT2D eigenvalue weighted by atomic mass is 9.99. The van der Waals surface area contributed by atoms with Crippen molar-refractivity contribution in [1.82, 2.24) is 15.2 Å². The average Bonchev–Trinajstić information content (AvgIpc) is 3.15. The Morgan fingerprint density at radius 1 is 0.871 bits per heavy atom. The Morgan fingerprint density at radius 2 is 1.58 bits per heavy atom. The smallest absolute Gasteiger partial charge is 0.182 e.